The van der Waals surface area contributed by atoms with E-state index in [4.69, 9.17) is 16.3 Å². The summed E-state index contributed by atoms with van der Waals surface area (Å²) in [5.74, 6) is -0.616. The molecule has 1 aliphatic rings. The van der Waals surface area contributed by atoms with Crippen LogP contribution in [0.4, 0.5) is 0 Å². The van der Waals surface area contributed by atoms with Gasteiger partial charge in [-0.05, 0) is 69.7 Å². The number of carbonyl (C=O) groups is 3. The summed E-state index contributed by atoms with van der Waals surface area (Å²) in [5.41, 5.74) is 0.925. The maximum absolute atomic E-state index is 13.5. The standard InChI is InChI=1S/C26H37ClN6O4/c1-17(2)11-20(29-14-23(34)37-26(3,4)5)25(36)32-10-6-7-22(32)24(35)30-13-18-12-19(27)8-9-21(18)33-16-28-15-31-33/h8-9,12,15-17,20,22,29H,6-7,10-11,13-14H2,1-5H3,(H,30,35)/t20-,22-/m0/s1. The van der Waals surface area contributed by atoms with Gasteiger partial charge in [0.25, 0.3) is 0 Å². The summed E-state index contributed by atoms with van der Waals surface area (Å²) in [6.07, 6.45) is 4.85. The molecule has 2 aromatic rings. The molecule has 2 amide bonds. The zero-order valence-corrected chi connectivity index (χ0v) is 22.9. The second-order valence-electron chi connectivity index (χ2n) is 10.7. The predicted molar refractivity (Wildman–Crippen MR) is 140 cm³/mol. The number of hydrogen-bond acceptors (Lipinski definition) is 7. The molecule has 0 unspecified atom stereocenters. The summed E-state index contributed by atoms with van der Waals surface area (Å²) in [6.45, 7) is 10.1. The van der Waals surface area contributed by atoms with Gasteiger partial charge < -0.3 is 15.0 Å². The van der Waals surface area contributed by atoms with E-state index < -0.39 is 23.7 Å². The molecular formula is C26H37ClN6O4. The highest BCUT2D eigenvalue weighted by Gasteiger charge is 2.37. The van der Waals surface area contributed by atoms with Crippen molar-refractivity contribution >= 4 is 29.4 Å². The van der Waals surface area contributed by atoms with Gasteiger partial charge in [0, 0.05) is 18.1 Å². The van der Waals surface area contributed by atoms with E-state index in [1.165, 1.54) is 6.33 Å². The average molecular weight is 533 g/mol. The van der Waals surface area contributed by atoms with Gasteiger partial charge in [0.2, 0.25) is 11.8 Å². The summed E-state index contributed by atoms with van der Waals surface area (Å²) < 4.78 is 6.97. The van der Waals surface area contributed by atoms with Crippen LogP contribution in [0.2, 0.25) is 5.02 Å². The van der Waals surface area contributed by atoms with Crippen LogP contribution in [0.5, 0.6) is 0 Å². The summed E-state index contributed by atoms with van der Waals surface area (Å²) in [4.78, 5) is 44.6. The van der Waals surface area contributed by atoms with Crippen LogP contribution >= 0.6 is 11.6 Å². The van der Waals surface area contributed by atoms with Gasteiger partial charge in [-0.2, -0.15) is 5.10 Å². The number of esters is 1. The van der Waals surface area contributed by atoms with Crippen LogP contribution in [0.25, 0.3) is 5.69 Å². The second kappa shape index (κ2) is 12.5. The third kappa shape index (κ3) is 8.26. The zero-order valence-electron chi connectivity index (χ0n) is 22.2. The van der Waals surface area contributed by atoms with Crippen molar-refractivity contribution in [3.8, 4) is 5.69 Å². The van der Waals surface area contributed by atoms with Crippen molar-refractivity contribution in [1.29, 1.82) is 0 Å². The summed E-state index contributed by atoms with van der Waals surface area (Å²) in [5, 5.41) is 10.7. The van der Waals surface area contributed by atoms with Gasteiger partial charge in [-0.3, -0.25) is 19.7 Å². The highest BCUT2D eigenvalue weighted by molar-refractivity contribution is 6.30. The Morgan fingerprint density at radius 3 is 2.65 bits per heavy atom. The van der Waals surface area contributed by atoms with Gasteiger partial charge in [-0.25, -0.2) is 9.67 Å². The highest BCUT2D eigenvalue weighted by Crippen LogP contribution is 2.22. The smallest absolute Gasteiger partial charge is 0.320 e. The van der Waals surface area contributed by atoms with E-state index in [1.54, 1.807) is 48.8 Å². The third-order valence-corrected chi connectivity index (χ3v) is 6.15. The molecule has 3 rings (SSSR count). The van der Waals surface area contributed by atoms with Crippen LogP contribution in [0.1, 0.15) is 59.4 Å². The number of hydrogen-bond donors (Lipinski definition) is 2. The summed E-state index contributed by atoms with van der Waals surface area (Å²) in [6, 6.07) is 4.17. The van der Waals surface area contributed by atoms with E-state index in [-0.39, 0.29) is 30.8 Å². The summed E-state index contributed by atoms with van der Waals surface area (Å²) >= 11 is 6.20. The normalized spacial score (nSPS) is 16.6. The molecule has 37 heavy (non-hydrogen) atoms. The Kier molecular flexibility index (Phi) is 9.67. The lowest BCUT2D eigenvalue weighted by atomic mass is 10.0. The molecule has 1 aromatic carbocycles. The van der Waals surface area contributed by atoms with Crippen LogP contribution in [0.3, 0.4) is 0 Å². The Balaban J connectivity index is 1.66. The maximum atomic E-state index is 13.5. The first-order valence-corrected chi connectivity index (χ1v) is 13.0. The summed E-state index contributed by atoms with van der Waals surface area (Å²) in [7, 11) is 0. The molecule has 2 N–H and O–H groups in total. The van der Waals surface area contributed by atoms with Crippen molar-refractivity contribution in [2.75, 3.05) is 13.1 Å². The molecule has 0 bridgehead atoms. The van der Waals surface area contributed by atoms with Gasteiger partial charge in [0.05, 0.1) is 18.3 Å². The Hall–Kier alpha value is -2.98. The fraction of sp³-hybridized carbons (Fsp3) is 0.577. The molecule has 0 radical (unpaired) electrons. The van der Waals surface area contributed by atoms with Gasteiger partial charge in [0.15, 0.2) is 0 Å². The number of amides is 2. The van der Waals surface area contributed by atoms with Gasteiger partial charge in [-0.1, -0.05) is 25.4 Å². The maximum Gasteiger partial charge on any atom is 0.320 e. The monoisotopic (exact) mass is 532 g/mol. The highest BCUT2D eigenvalue weighted by atomic mass is 35.5. The number of benzene rings is 1. The number of nitrogens with one attached hydrogen (secondary N) is 2. The van der Waals surface area contributed by atoms with Crippen molar-refractivity contribution < 1.29 is 19.1 Å². The van der Waals surface area contributed by atoms with Crippen LogP contribution in [0.15, 0.2) is 30.9 Å². The minimum absolute atomic E-state index is 0.0784. The first-order valence-electron chi connectivity index (χ1n) is 12.6. The van der Waals surface area contributed by atoms with Crippen molar-refractivity contribution in [2.24, 2.45) is 5.92 Å². The lowest BCUT2D eigenvalue weighted by molar-refractivity contribution is -0.154. The second-order valence-corrected chi connectivity index (χ2v) is 11.1. The van der Waals surface area contributed by atoms with E-state index in [2.05, 4.69) is 20.7 Å². The molecule has 2 heterocycles. The van der Waals surface area contributed by atoms with Gasteiger partial charge in [-0.15, -0.1) is 0 Å². The van der Waals surface area contributed by atoms with E-state index in [9.17, 15) is 14.4 Å². The van der Waals surface area contributed by atoms with Crippen LogP contribution in [-0.2, 0) is 25.7 Å². The van der Waals surface area contributed by atoms with Crippen molar-refractivity contribution in [3.63, 3.8) is 0 Å². The quantitative estimate of drug-likeness (QED) is 0.452. The number of nitrogens with zero attached hydrogens (tertiary/aromatic N) is 4. The Bertz CT molecular complexity index is 1080. The molecule has 202 valence electrons. The average Bonchev–Trinajstić information content (AvgIpc) is 3.51. The minimum atomic E-state index is -0.606. The molecule has 1 aromatic heterocycles. The number of likely N-dealkylation sites (tertiary alicyclic amines) is 1. The molecule has 2 atom stereocenters. The van der Waals surface area contributed by atoms with Gasteiger partial charge >= 0.3 is 5.97 Å². The van der Waals surface area contributed by atoms with E-state index in [0.717, 1.165) is 17.7 Å². The molecule has 1 aliphatic heterocycles. The molecule has 1 saturated heterocycles. The number of aromatic nitrogens is 3. The molecule has 11 heteroatoms. The zero-order chi connectivity index (χ0) is 27.2. The fourth-order valence-electron chi connectivity index (χ4n) is 4.38. The molecule has 0 saturated carbocycles. The van der Waals surface area contributed by atoms with Crippen molar-refractivity contribution in [3.05, 3.63) is 41.4 Å². The van der Waals surface area contributed by atoms with Crippen LogP contribution in [0, 0.1) is 5.92 Å². The third-order valence-electron chi connectivity index (χ3n) is 5.92. The number of carbonyl (C=O) groups excluding carboxylic acids is 3. The van der Waals surface area contributed by atoms with E-state index >= 15 is 0 Å². The van der Waals surface area contributed by atoms with E-state index in [1.807, 2.05) is 19.9 Å². The van der Waals surface area contributed by atoms with Crippen LogP contribution < -0.4 is 10.6 Å². The molecule has 0 aliphatic carbocycles. The lowest BCUT2D eigenvalue weighted by Crippen LogP contribution is -2.53. The Morgan fingerprint density at radius 2 is 2.00 bits per heavy atom. The number of rotatable bonds is 10. The minimum Gasteiger partial charge on any atom is -0.459 e. The topological polar surface area (TPSA) is 118 Å². The number of halogens is 1. The molecule has 10 nitrogen and oxygen atoms in total. The van der Waals surface area contributed by atoms with Crippen molar-refractivity contribution in [1.82, 2.24) is 30.3 Å². The van der Waals surface area contributed by atoms with E-state index in [0.29, 0.717) is 24.4 Å². The largest absolute Gasteiger partial charge is 0.459 e. The predicted octanol–water partition coefficient (Wildman–Crippen LogP) is 2.87. The lowest BCUT2D eigenvalue weighted by Gasteiger charge is -2.30. The molecule has 1 fully saturated rings. The fourth-order valence-corrected chi connectivity index (χ4v) is 4.58. The van der Waals surface area contributed by atoms with Gasteiger partial charge in [0.1, 0.15) is 24.3 Å². The number of ether oxygens (including phenoxy) is 1. The Morgan fingerprint density at radius 1 is 1.24 bits per heavy atom. The molecule has 0 spiro atoms. The first-order chi connectivity index (χ1) is 17.4. The SMILES string of the molecule is CC(C)C[C@H](NCC(=O)OC(C)(C)C)C(=O)N1CCC[C@H]1C(=O)NCc1cc(Cl)ccc1-n1cncn1. The Labute approximate surface area is 223 Å². The van der Waals surface area contributed by atoms with Crippen LogP contribution in [-0.4, -0.2) is 68.2 Å². The molecular weight excluding hydrogens is 496 g/mol. The van der Waals surface area contributed by atoms with Crippen molar-refractivity contribution in [2.45, 2.75) is 78.1 Å². The first kappa shape index (κ1) is 28.6.